The lowest BCUT2D eigenvalue weighted by Crippen LogP contribution is -2.25. The molecule has 0 fully saturated rings. The minimum atomic E-state index is -0.814. The first-order chi connectivity index (χ1) is 8.16. The maximum absolute atomic E-state index is 10.6. The Morgan fingerprint density at radius 2 is 2.12 bits per heavy atom. The van der Waals surface area contributed by atoms with Gasteiger partial charge in [-0.15, -0.1) is 0 Å². The lowest BCUT2D eigenvalue weighted by Gasteiger charge is -2.15. The van der Waals surface area contributed by atoms with Gasteiger partial charge in [0.25, 0.3) is 0 Å². The van der Waals surface area contributed by atoms with E-state index in [-0.39, 0.29) is 6.54 Å². The van der Waals surface area contributed by atoms with Gasteiger partial charge in [0, 0.05) is 18.1 Å². The van der Waals surface area contributed by atoms with Crippen LogP contribution in [-0.2, 0) is 11.3 Å². The lowest BCUT2D eigenvalue weighted by atomic mass is 10.1. The van der Waals surface area contributed by atoms with E-state index < -0.39 is 5.97 Å². The first-order valence-corrected chi connectivity index (χ1v) is 5.40. The molecule has 0 radical (unpaired) electrons. The van der Waals surface area contributed by atoms with E-state index in [1.165, 1.54) is 0 Å². The highest BCUT2D eigenvalue weighted by atomic mass is 16.4. The van der Waals surface area contributed by atoms with E-state index >= 15 is 0 Å². The number of benzene rings is 1. The van der Waals surface area contributed by atoms with Gasteiger partial charge in [0.05, 0.1) is 12.1 Å². The summed E-state index contributed by atoms with van der Waals surface area (Å²) in [6.45, 7) is 0.645. The number of carbonyl (C=O) groups is 1. The summed E-state index contributed by atoms with van der Waals surface area (Å²) < 4.78 is 0. The Bertz CT molecular complexity index is 534. The number of carboxylic acids is 1. The smallest absolute Gasteiger partial charge is 0.317 e. The Balaban J connectivity index is 2.26. The first-order valence-electron chi connectivity index (χ1n) is 5.40. The van der Waals surface area contributed by atoms with E-state index in [9.17, 15) is 4.79 Å². The van der Waals surface area contributed by atoms with Gasteiger partial charge < -0.3 is 5.11 Å². The number of aliphatic carboxylic acids is 1. The minimum Gasteiger partial charge on any atom is -0.480 e. The fraction of sp³-hybridized carbons (Fsp3) is 0.231. The number of aromatic nitrogens is 1. The van der Waals surface area contributed by atoms with E-state index in [4.69, 9.17) is 5.11 Å². The molecule has 0 aliphatic rings. The summed E-state index contributed by atoms with van der Waals surface area (Å²) in [5.74, 6) is -0.814. The Morgan fingerprint density at radius 1 is 1.35 bits per heavy atom. The second-order valence-corrected chi connectivity index (χ2v) is 4.05. The molecular formula is C13H14N2O2. The van der Waals surface area contributed by atoms with Crippen LogP contribution in [0, 0.1) is 0 Å². The van der Waals surface area contributed by atoms with Gasteiger partial charge in [-0.3, -0.25) is 14.7 Å². The highest BCUT2D eigenvalue weighted by Gasteiger charge is 2.07. The average Bonchev–Trinajstić information content (AvgIpc) is 2.28. The summed E-state index contributed by atoms with van der Waals surface area (Å²) in [4.78, 5) is 16.7. The van der Waals surface area contributed by atoms with Crippen molar-refractivity contribution in [2.75, 3.05) is 13.6 Å². The van der Waals surface area contributed by atoms with Crippen LogP contribution in [0.5, 0.6) is 0 Å². The van der Waals surface area contributed by atoms with Crippen LogP contribution in [0.25, 0.3) is 10.9 Å². The Hall–Kier alpha value is -1.94. The molecule has 2 rings (SSSR count). The van der Waals surface area contributed by atoms with Crippen LogP contribution < -0.4 is 0 Å². The predicted molar refractivity (Wildman–Crippen MR) is 65.7 cm³/mol. The lowest BCUT2D eigenvalue weighted by molar-refractivity contribution is -0.138. The molecule has 0 aliphatic carbocycles. The standard InChI is InChI=1S/C13H14N2O2/c1-15(9-13(16)17)8-10-6-7-14-12-5-3-2-4-11(10)12/h2-7H,8-9H2,1H3,(H,16,17). The molecule has 1 N–H and O–H groups in total. The van der Waals surface area contributed by atoms with Gasteiger partial charge in [0.2, 0.25) is 0 Å². The van der Waals surface area contributed by atoms with Crippen molar-refractivity contribution in [1.29, 1.82) is 0 Å². The maximum Gasteiger partial charge on any atom is 0.317 e. The Morgan fingerprint density at radius 3 is 2.88 bits per heavy atom. The number of nitrogens with zero attached hydrogens (tertiary/aromatic N) is 2. The van der Waals surface area contributed by atoms with Crippen LogP contribution in [0.15, 0.2) is 36.5 Å². The summed E-state index contributed by atoms with van der Waals surface area (Å²) in [5.41, 5.74) is 2.04. The molecule has 1 heterocycles. The number of likely N-dealkylation sites (N-methyl/N-ethyl adjacent to an activating group) is 1. The number of pyridine rings is 1. The number of fused-ring (bicyclic) bond motifs is 1. The van der Waals surface area contributed by atoms with Gasteiger partial charge in [-0.2, -0.15) is 0 Å². The molecule has 0 saturated carbocycles. The van der Waals surface area contributed by atoms with Gasteiger partial charge in [-0.1, -0.05) is 18.2 Å². The van der Waals surface area contributed by atoms with Crippen molar-refractivity contribution in [1.82, 2.24) is 9.88 Å². The van der Waals surface area contributed by atoms with Gasteiger partial charge in [0.1, 0.15) is 0 Å². The zero-order valence-electron chi connectivity index (χ0n) is 9.63. The molecule has 1 aromatic carbocycles. The molecule has 0 aliphatic heterocycles. The summed E-state index contributed by atoms with van der Waals surface area (Å²) in [6, 6.07) is 9.80. The molecule has 17 heavy (non-hydrogen) atoms. The van der Waals surface area contributed by atoms with Gasteiger partial charge in [0.15, 0.2) is 0 Å². The molecule has 0 saturated heterocycles. The second kappa shape index (κ2) is 4.93. The largest absolute Gasteiger partial charge is 0.480 e. The van der Waals surface area contributed by atoms with E-state index in [1.54, 1.807) is 18.1 Å². The van der Waals surface area contributed by atoms with Crippen LogP contribution >= 0.6 is 0 Å². The minimum absolute atomic E-state index is 0.0383. The molecule has 4 nitrogen and oxygen atoms in total. The zero-order chi connectivity index (χ0) is 12.3. The summed E-state index contributed by atoms with van der Waals surface area (Å²) >= 11 is 0. The van der Waals surface area contributed by atoms with Crippen molar-refractivity contribution in [2.45, 2.75) is 6.54 Å². The third-order valence-electron chi connectivity index (χ3n) is 2.58. The number of hydrogen-bond donors (Lipinski definition) is 1. The topological polar surface area (TPSA) is 53.4 Å². The molecule has 0 unspecified atom stereocenters. The molecule has 88 valence electrons. The highest BCUT2D eigenvalue weighted by molar-refractivity contribution is 5.81. The highest BCUT2D eigenvalue weighted by Crippen LogP contribution is 2.17. The van der Waals surface area contributed by atoms with Crippen LogP contribution in [-0.4, -0.2) is 34.6 Å². The normalized spacial score (nSPS) is 10.9. The number of rotatable bonds is 4. The quantitative estimate of drug-likeness (QED) is 0.869. The van der Waals surface area contributed by atoms with Crippen molar-refractivity contribution in [3.8, 4) is 0 Å². The number of para-hydroxylation sites is 1. The predicted octanol–water partition coefficient (Wildman–Crippen LogP) is 1.75. The van der Waals surface area contributed by atoms with E-state index in [1.807, 2.05) is 30.3 Å². The van der Waals surface area contributed by atoms with Gasteiger partial charge >= 0.3 is 5.97 Å². The van der Waals surface area contributed by atoms with Crippen molar-refractivity contribution >= 4 is 16.9 Å². The fourth-order valence-corrected chi connectivity index (χ4v) is 1.87. The van der Waals surface area contributed by atoms with E-state index in [0.717, 1.165) is 16.5 Å². The SMILES string of the molecule is CN(CC(=O)O)Cc1ccnc2ccccc12. The van der Waals surface area contributed by atoms with E-state index in [0.29, 0.717) is 6.54 Å². The van der Waals surface area contributed by atoms with Crippen LogP contribution in [0.1, 0.15) is 5.56 Å². The zero-order valence-corrected chi connectivity index (χ0v) is 9.63. The molecule has 0 amide bonds. The van der Waals surface area contributed by atoms with Crippen molar-refractivity contribution in [3.63, 3.8) is 0 Å². The number of carboxylic acid groups (broad SMARTS) is 1. The monoisotopic (exact) mass is 230 g/mol. The van der Waals surface area contributed by atoms with Crippen LogP contribution in [0.2, 0.25) is 0 Å². The van der Waals surface area contributed by atoms with Gasteiger partial charge in [-0.25, -0.2) is 0 Å². The molecule has 1 aromatic heterocycles. The van der Waals surface area contributed by atoms with Crippen molar-refractivity contribution in [3.05, 3.63) is 42.1 Å². The summed E-state index contributed by atoms with van der Waals surface area (Å²) in [5, 5.41) is 9.80. The average molecular weight is 230 g/mol. The molecular weight excluding hydrogens is 216 g/mol. The van der Waals surface area contributed by atoms with Crippen molar-refractivity contribution in [2.24, 2.45) is 0 Å². The van der Waals surface area contributed by atoms with Gasteiger partial charge in [-0.05, 0) is 24.7 Å². The molecule has 0 bridgehead atoms. The molecule has 0 atom stereocenters. The van der Waals surface area contributed by atoms with Crippen molar-refractivity contribution < 1.29 is 9.90 Å². The first kappa shape index (κ1) is 11.5. The molecule has 0 spiro atoms. The van der Waals surface area contributed by atoms with E-state index in [2.05, 4.69) is 4.98 Å². The molecule has 4 heteroatoms. The fourth-order valence-electron chi connectivity index (χ4n) is 1.87. The maximum atomic E-state index is 10.6. The summed E-state index contributed by atoms with van der Waals surface area (Å²) in [7, 11) is 1.79. The van der Waals surface area contributed by atoms with Crippen LogP contribution in [0.4, 0.5) is 0 Å². The Kier molecular flexibility index (Phi) is 3.35. The van der Waals surface area contributed by atoms with Crippen LogP contribution in [0.3, 0.4) is 0 Å². The molecule has 2 aromatic rings. The Labute approximate surface area is 99.5 Å². The third-order valence-corrected chi connectivity index (χ3v) is 2.58. The number of hydrogen-bond acceptors (Lipinski definition) is 3. The second-order valence-electron chi connectivity index (χ2n) is 4.05. The summed E-state index contributed by atoms with van der Waals surface area (Å²) in [6.07, 6.45) is 1.76. The third kappa shape index (κ3) is 2.79.